The molecule has 16 heavy (non-hydrogen) atoms. The average Bonchev–Trinajstić information content (AvgIpc) is 2.66. The molecule has 1 fully saturated rings. The molecule has 0 saturated heterocycles. The Morgan fingerprint density at radius 3 is 2.44 bits per heavy atom. The van der Waals surface area contributed by atoms with Gasteiger partial charge in [0, 0.05) is 10.4 Å². The molecular weight excluding hydrogens is 214 g/mol. The van der Waals surface area contributed by atoms with E-state index in [1.807, 2.05) is 11.3 Å². The smallest absolute Gasteiger partial charge is 0.0418 e. The fourth-order valence-corrected chi connectivity index (χ4v) is 3.63. The third-order valence-electron chi connectivity index (χ3n) is 4.17. The molecule has 0 aromatic carbocycles. The van der Waals surface area contributed by atoms with Crippen molar-refractivity contribution in [3.8, 4) is 0 Å². The number of hydrogen-bond acceptors (Lipinski definition) is 2. The van der Waals surface area contributed by atoms with Gasteiger partial charge in [-0.1, -0.05) is 13.8 Å². The molecule has 2 N–H and O–H groups in total. The zero-order chi connectivity index (χ0) is 11.8. The SMILES string of the molecule is Cc1cc(C2(N)CCC(C(C)C)CC2)cs1. The molecule has 1 nitrogen and oxygen atoms in total. The monoisotopic (exact) mass is 237 g/mol. The maximum Gasteiger partial charge on any atom is 0.0418 e. The third kappa shape index (κ3) is 2.33. The van der Waals surface area contributed by atoms with Crippen LogP contribution in [0.3, 0.4) is 0 Å². The summed E-state index contributed by atoms with van der Waals surface area (Å²) in [5.41, 5.74) is 7.90. The lowest BCUT2D eigenvalue weighted by atomic mass is 9.71. The maximum absolute atomic E-state index is 6.56. The molecule has 1 aromatic heterocycles. The Balaban J connectivity index is 2.06. The number of aryl methyl sites for hydroxylation is 1. The highest BCUT2D eigenvalue weighted by molar-refractivity contribution is 7.10. The van der Waals surface area contributed by atoms with Crippen molar-refractivity contribution in [1.29, 1.82) is 0 Å². The highest BCUT2D eigenvalue weighted by Crippen LogP contribution is 2.41. The van der Waals surface area contributed by atoms with Gasteiger partial charge in [0.2, 0.25) is 0 Å². The lowest BCUT2D eigenvalue weighted by Gasteiger charge is -2.38. The van der Waals surface area contributed by atoms with Gasteiger partial charge in [0.15, 0.2) is 0 Å². The Kier molecular flexibility index (Phi) is 3.41. The molecule has 1 heterocycles. The molecule has 2 rings (SSSR count). The van der Waals surface area contributed by atoms with Crippen LogP contribution in [-0.2, 0) is 5.54 Å². The van der Waals surface area contributed by atoms with Gasteiger partial charge < -0.3 is 5.73 Å². The Hall–Kier alpha value is -0.340. The van der Waals surface area contributed by atoms with Crippen LogP contribution in [0.25, 0.3) is 0 Å². The fraction of sp³-hybridized carbons (Fsp3) is 0.714. The minimum atomic E-state index is -0.0316. The molecule has 0 amide bonds. The second-order valence-electron chi connectivity index (χ2n) is 5.68. The van der Waals surface area contributed by atoms with Gasteiger partial charge in [0.25, 0.3) is 0 Å². The van der Waals surface area contributed by atoms with E-state index in [-0.39, 0.29) is 5.54 Å². The van der Waals surface area contributed by atoms with Crippen LogP contribution in [0.15, 0.2) is 11.4 Å². The molecule has 90 valence electrons. The second-order valence-corrected chi connectivity index (χ2v) is 6.80. The van der Waals surface area contributed by atoms with Crippen LogP contribution in [0.5, 0.6) is 0 Å². The quantitative estimate of drug-likeness (QED) is 0.825. The molecule has 1 aliphatic carbocycles. The summed E-state index contributed by atoms with van der Waals surface area (Å²) in [4.78, 5) is 1.38. The van der Waals surface area contributed by atoms with E-state index in [4.69, 9.17) is 5.73 Å². The van der Waals surface area contributed by atoms with Gasteiger partial charge in [-0.25, -0.2) is 0 Å². The lowest BCUT2D eigenvalue weighted by Crippen LogP contribution is -2.40. The summed E-state index contributed by atoms with van der Waals surface area (Å²) in [6.45, 7) is 6.84. The molecule has 0 radical (unpaired) electrons. The van der Waals surface area contributed by atoms with Gasteiger partial charge in [-0.3, -0.25) is 0 Å². The average molecular weight is 237 g/mol. The Bertz CT molecular complexity index is 345. The minimum absolute atomic E-state index is 0.0316. The van der Waals surface area contributed by atoms with Crippen molar-refractivity contribution in [2.45, 2.75) is 52.0 Å². The van der Waals surface area contributed by atoms with Crippen LogP contribution >= 0.6 is 11.3 Å². The highest BCUT2D eigenvalue weighted by atomic mass is 32.1. The number of thiophene rings is 1. The largest absolute Gasteiger partial charge is 0.321 e. The van der Waals surface area contributed by atoms with Gasteiger partial charge in [-0.15, -0.1) is 11.3 Å². The van der Waals surface area contributed by atoms with E-state index >= 15 is 0 Å². The first-order valence-corrected chi connectivity index (χ1v) is 7.24. The van der Waals surface area contributed by atoms with E-state index < -0.39 is 0 Å². The number of rotatable bonds is 2. The standard InChI is InChI=1S/C14H23NS/c1-10(2)12-4-6-14(15,7-5-12)13-8-11(3)16-9-13/h8-10,12H,4-7,15H2,1-3H3. The van der Waals surface area contributed by atoms with Gasteiger partial charge in [-0.05, 0) is 61.5 Å². The maximum atomic E-state index is 6.56. The van der Waals surface area contributed by atoms with Gasteiger partial charge in [0.1, 0.15) is 0 Å². The summed E-state index contributed by atoms with van der Waals surface area (Å²) in [5, 5.41) is 2.25. The van der Waals surface area contributed by atoms with Gasteiger partial charge in [0.05, 0.1) is 0 Å². The predicted molar refractivity (Wildman–Crippen MR) is 71.7 cm³/mol. The van der Waals surface area contributed by atoms with E-state index in [1.165, 1.54) is 23.3 Å². The zero-order valence-corrected chi connectivity index (χ0v) is 11.4. The summed E-state index contributed by atoms with van der Waals surface area (Å²) in [5.74, 6) is 1.70. The third-order valence-corrected chi connectivity index (χ3v) is 5.03. The number of hydrogen-bond donors (Lipinski definition) is 1. The first kappa shape index (κ1) is 12.1. The summed E-state index contributed by atoms with van der Waals surface area (Å²) >= 11 is 1.82. The van der Waals surface area contributed by atoms with Gasteiger partial charge in [-0.2, -0.15) is 0 Å². The van der Waals surface area contributed by atoms with Crippen LogP contribution < -0.4 is 5.73 Å². The van der Waals surface area contributed by atoms with Crippen molar-refractivity contribution in [1.82, 2.24) is 0 Å². The second kappa shape index (κ2) is 4.50. The molecular formula is C14H23NS. The van der Waals surface area contributed by atoms with Crippen molar-refractivity contribution in [3.63, 3.8) is 0 Å². The first-order chi connectivity index (χ1) is 7.51. The van der Waals surface area contributed by atoms with Crippen molar-refractivity contribution < 1.29 is 0 Å². The Labute approximate surface area is 103 Å². The van der Waals surface area contributed by atoms with Crippen molar-refractivity contribution >= 4 is 11.3 Å². The number of nitrogens with two attached hydrogens (primary N) is 1. The summed E-state index contributed by atoms with van der Waals surface area (Å²) in [6, 6.07) is 2.28. The molecule has 0 unspecified atom stereocenters. The van der Waals surface area contributed by atoms with E-state index in [0.29, 0.717) is 0 Å². The fourth-order valence-electron chi connectivity index (χ4n) is 2.82. The summed E-state index contributed by atoms with van der Waals surface area (Å²) in [7, 11) is 0. The van der Waals surface area contributed by atoms with Crippen LogP contribution in [0.1, 0.15) is 50.0 Å². The molecule has 0 atom stereocenters. The lowest BCUT2D eigenvalue weighted by molar-refractivity contribution is 0.196. The normalized spacial score (nSPS) is 30.9. The van der Waals surface area contributed by atoms with Crippen LogP contribution in [-0.4, -0.2) is 0 Å². The van der Waals surface area contributed by atoms with Crippen LogP contribution in [0.4, 0.5) is 0 Å². The highest BCUT2D eigenvalue weighted by Gasteiger charge is 2.34. The van der Waals surface area contributed by atoms with Crippen molar-refractivity contribution in [3.05, 3.63) is 21.9 Å². The topological polar surface area (TPSA) is 26.0 Å². The van der Waals surface area contributed by atoms with E-state index in [9.17, 15) is 0 Å². The van der Waals surface area contributed by atoms with Gasteiger partial charge >= 0.3 is 0 Å². The molecule has 0 aliphatic heterocycles. The predicted octanol–water partition coefficient (Wildman–Crippen LogP) is 4.06. The van der Waals surface area contributed by atoms with Crippen LogP contribution in [0, 0.1) is 18.8 Å². The van der Waals surface area contributed by atoms with E-state index in [0.717, 1.165) is 24.7 Å². The van der Waals surface area contributed by atoms with E-state index in [2.05, 4.69) is 32.2 Å². The summed E-state index contributed by atoms with van der Waals surface area (Å²) < 4.78 is 0. The van der Waals surface area contributed by atoms with Crippen molar-refractivity contribution in [2.24, 2.45) is 17.6 Å². The zero-order valence-electron chi connectivity index (χ0n) is 10.6. The van der Waals surface area contributed by atoms with Crippen molar-refractivity contribution in [2.75, 3.05) is 0 Å². The van der Waals surface area contributed by atoms with E-state index in [1.54, 1.807) is 0 Å². The molecule has 1 aromatic rings. The minimum Gasteiger partial charge on any atom is -0.321 e. The molecule has 1 saturated carbocycles. The molecule has 2 heteroatoms. The summed E-state index contributed by atoms with van der Waals surface area (Å²) in [6.07, 6.45) is 4.91. The molecule has 0 bridgehead atoms. The molecule has 0 spiro atoms. The Morgan fingerprint density at radius 2 is 2.00 bits per heavy atom. The first-order valence-electron chi connectivity index (χ1n) is 6.36. The molecule has 1 aliphatic rings. The Morgan fingerprint density at radius 1 is 1.38 bits per heavy atom. The van der Waals surface area contributed by atoms with Crippen LogP contribution in [0.2, 0.25) is 0 Å².